The Kier molecular flexibility index (Phi) is 4.65. The normalized spacial score (nSPS) is 16.7. The Morgan fingerprint density at radius 3 is 2.38 bits per heavy atom. The molecular formula is C15H24N4O2. The van der Waals surface area contributed by atoms with E-state index in [0.29, 0.717) is 25.1 Å². The minimum Gasteiger partial charge on any atom is -0.444 e. The van der Waals surface area contributed by atoms with Gasteiger partial charge >= 0.3 is 6.09 Å². The van der Waals surface area contributed by atoms with Gasteiger partial charge in [0.15, 0.2) is 0 Å². The number of nitrogens with one attached hydrogen (secondary N) is 1. The molecule has 1 aliphatic rings. The number of nitrogens with zero attached hydrogens (tertiary/aromatic N) is 3. The smallest absolute Gasteiger partial charge is 0.410 e. The van der Waals surface area contributed by atoms with Crippen LogP contribution in [0.4, 0.5) is 10.7 Å². The summed E-state index contributed by atoms with van der Waals surface area (Å²) >= 11 is 0. The first-order chi connectivity index (χ1) is 9.83. The van der Waals surface area contributed by atoms with E-state index in [1.807, 2.05) is 27.7 Å². The molecule has 0 spiro atoms. The molecule has 0 unspecified atom stereocenters. The van der Waals surface area contributed by atoms with Crippen LogP contribution in [-0.2, 0) is 4.74 Å². The SMILES string of the molecule is Cc1cnc(NC2CCN(C(=O)OC(C)(C)C)CC2)nc1. The lowest BCUT2D eigenvalue weighted by atomic mass is 10.1. The van der Waals surface area contributed by atoms with Gasteiger partial charge in [0.05, 0.1) is 0 Å². The summed E-state index contributed by atoms with van der Waals surface area (Å²) in [6.07, 6.45) is 5.11. The van der Waals surface area contributed by atoms with Crippen LogP contribution in [-0.4, -0.2) is 45.7 Å². The molecular weight excluding hydrogens is 268 g/mol. The predicted molar refractivity (Wildman–Crippen MR) is 81.2 cm³/mol. The van der Waals surface area contributed by atoms with E-state index in [1.54, 1.807) is 17.3 Å². The second-order valence-corrected chi connectivity index (χ2v) is 6.47. The highest BCUT2D eigenvalue weighted by molar-refractivity contribution is 5.68. The fourth-order valence-electron chi connectivity index (χ4n) is 2.18. The Morgan fingerprint density at radius 2 is 1.86 bits per heavy atom. The van der Waals surface area contributed by atoms with E-state index in [-0.39, 0.29) is 6.09 Å². The molecule has 1 aromatic rings. The van der Waals surface area contributed by atoms with Crippen LogP contribution < -0.4 is 5.32 Å². The molecule has 1 saturated heterocycles. The van der Waals surface area contributed by atoms with Crippen molar-refractivity contribution < 1.29 is 9.53 Å². The Morgan fingerprint density at radius 1 is 1.29 bits per heavy atom. The number of piperidine rings is 1. The van der Waals surface area contributed by atoms with Gasteiger partial charge in [-0.05, 0) is 46.1 Å². The Labute approximate surface area is 125 Å². The van der Waals surface area contributed by atoms with E-state index in [2.05, 4.69) is 15.3 Å². The van der Waals surface area contributed by atoms with Gasteiger partial charge in [0, 0.05) is 31.5 Å². The van der Waals surface area contributed by atoms with Crippen LogP contribution in [0.15, 0.2) is 12.4 Å². The molecule has 1 N–H and O–H groups in total. The number of aryl methyl sites for hydroxylation is 1. The van der Waals surface area contributed by atoms with Gasteiger partial charge in [-0.15, -0.1) is 0 Å². The first kappa shape index (κ1) is 15.5. The second kappa shape index (κ2) is 6.28. The molecule has 2 rings (SSSR count). The third kappa shape index (κ3) is 4.88. The highest BCUT2D eigenvalue weighted by Crippen LogP contribution is 2.17. The van der Waals surface area contributed by atoms with Crippen molar-refractivity contribution in [1.29, 1.82) is 0 Å². The summed E-state index contributed by atoms with van der Waals surface area (Å²) in [6, 6.07) is 0.298. The molecule has 1 amide bonds. The molecule has 0 bridgehead atoms. The van der Waals surface area contributed by atoms with Gasteiger partial charge in [-0.2, -0.15) is 0 Å². The van der Waals surface area contributed by atoms with Gasteiger partial charge in [-0.25, -0.2) is 14.8 Å². The van der Waals surface area contributed by atoms with Crippen molar-refractivity contribution in [2.45, 2.75) is 52.2 Å². The maximum Gasteiger partial charge on any atom is 0.410 e. The minimum atomic E-state index is -0.443. The number of hydrogen-bond donors (Lipinski definition) is 1. The maximum atomic E-state index is 12.0. The van der Waals surface area contributed by atoms with Gasteiger partial charge < -0.3 is 15.0 Å². The van der Waals surface area contributed by atoms with Crippen LogP contribution in [0.25, 0.3) is 0 Å². The molecule has 116 valence electrons. The van der Waals surface area contributed by atoms with Crippen molar-refractivity contribution in [3.8, 4) is 0 Å². The monoisotopic (exact) mass is 292 g/mol. The molecule has 0 aromatic carbocycles. The van der Waals surface area contributed by atoms with E-state index >= 15 is 0 Å². The summed E-state index contributed by atoms with van der Waals surface area (Å²) in [5, 5.41) is 3.31. The largest absolute Gasteiger partial charge is 0.444 e. The van der Waals surface area contributed by atoms with Crippen LogP contribution in [0, 0.1) is 6.92 Å². The number of carbonyl (C=O) groups excluding carboxylic acids is 1. The van der Waals surface area contributed by atoms with Crippen molar-refractivity contribution >= 4 is 12.0 Å². The molecule has 21 heavy (non-hydrogen) atoms. The molecule has 0 saturated carbocycles. The number of carbonyl (C=O) groups is 1. The zero-order chi connectivity index (χ0) is 15.5. The predicted octanol–water partition coefficient (Wildman–Crippen LogP) is 2.60. The molecule has 1 aromatic heterocycles. The first-order valence-corrected chi connectivity index (χ1v) is 7.36. The summed E-state index contributed by atoms with van der Waals surface area (Å²) in [4.78, 5) is 22.2. The van der Waals surface area contributed by atoms with E-state index < -0.39 is 5.60 Å². The van der Waals surface area contributed by atoms with Crippen LogP contribution in [0.1, 0.15) is 39.2 Å². The zero-order valence-electron chi connectivity index (χ0n) is 13.2. The first-order valence-electron chi connectivity index (χ1n) is 7.36. The average Bonchev–Trinajstić information content (AvgIpc) is 2.40. The van der Waals surface area contributed by atoms with Crippen molar-refractivity contribution in [2.75, 3.05) is 18.4 Å². The van der Waals surface area contributed by atoms with Crippen LogP contribution in [0.2, 0.25) is 0 Å². The summed E-state index contributed by atoms with van der Waals surface area (Å²) in [5.74, 6) is 0.649. The average molecular weight is 292 g/mol. The van der Waals surface area contributed by atoms with Crippen molar-refractivity contribution in [3.63, 3.8) is 0 Å². The molecule has 6 heteroatoms. The number of amides is 1. The van der Waals surface area contributed by atoms with Gasteiger partial charge in [0.1, 0.15) is 5.60 Å². The third-order valence-corrected chi connectivity index (χ3v) is 3.26. The van der Waals surface area contributed by atoms with E-state index in [9.17, 15) is 4.79 Å². The van der Waals surface area contributed by atoms with E-state index in [1.165, 1.54) is 0 Å². The lowest BCUT2D eigenvalue weighted by molar-refractivity contribution is 0.0210. The lowest BCUT2D eigenvalue weighted by Crippen LogP contribution is -2.44. The maximum absolute atomic E-state index is 12.0. The summed E-state index contributed by atoms with van der Waals surface area (Å²) < 4.78 is 5.39. The third-order valence-electron chi connectivity index (χ3n) is 3.26. The van der Waals surface area contributed by atoms with Crippen LogP contribution in [0.3, 0.4) is 0 Å². The van der Waals surface area contributed by atoms with Crippen molar-refractivity contribution in [2.24, 2.45) is 0 Å². The second-order valence-electron chi connectivity index (χ2n) is 6.47. The fraction of sp³-hybridized carbons (Fsp3) is 0.667. The minimum absolute atomic E-state index is 0.229. The number of aromatic nitrogens is 2. The van der Waals surface area contributed by atoms with Gasteiger partial charge in [0.2, 0.25) is 5.95 Å². The van der Waals surface area contributed by atoms with E-state index in [4.69, 9.17) is 4.74 Å². The van der Waals surface area contributed by atoms with Gasteiger partial charge in [-0.3, -0.25) is 0 Å². The summed E-state index contributed by atoms with van der Waals surface area (Å²) in [7, 11) is 0. The lowest BCUT2D eigenvalue weighted by Gasteiger charge is -2.33. The quantitative estimate of drug-likeness (QED) is 0.907. The van der Waals surface area contributed by atoms with Gasteiger partial charge in [-0.1, -0.05) is 0 Å². The zero-order valence-corrected chi connectivity index (χ0v) is 13.2. The van der Waals surface area contributed by atoms with E-state index in [0.717, 1.165) is 18.4 Å². The van der Waals surface area contributed by atoms with Gasteiger partial charge in [0.25, 0.3) is 0 Å². The molecule has 0 radical (unpaired) electrons. The molecule has 6 nitrogen and oxygen atoms in total. The molecule has 1 fully saturated rings. The number of hydrogen-bond acceptors (Lipinski definition) is 5. The molecule has 0 aliphatic carbocycles. The Bertz CT molecular complexity index is 473. The topological polar surface area (TPSA) is 67.4 Å². The molecule has 1 aliphatic heterocycles. The fourth-order valence-corrected chi connectivity index (χ4v) is 2.18. The highest BCUT2D eigenvalue weighted by Gasteiger charge is 2.26. The summed E-state index contributed by atoms with van der Waals surface area (Å²) in [6.45, 7) is 9.00. The van der Waals surface area contributed by atoms with Crippen molar-refractivity contribution in [3.05, 3.63) is 18.0 Å². The highest BCUT2D eigenvalue weighted by atomic mass is 16.6. The Balaban J connectivity index is 1.80. The number of anilines is 1. The van der Waals surface area contributed by atoms with Crippen LogP contribution >= 0.6 is 0 Å². The standard InChI is InChI=1S/C15H24N4O2/c1-11-9-16-13(17-10-11)18-12-5-7-19(8-6-12)14(20)21-15(2,3)4/h9-10,12H,5-8H2,1-4H3,(H,16,17,18). The van der Waals surface area contributed by atoms with Crippen molar-refractivity contribution in [1.82, 2.24) is 14.9 Å². The molecule has 0 atom stereocenters. The Hall–Kier alpha value is -1.85. The molecule has 2 heterocycles. The number of rotatable bonds is 2. The summed E-state index contributed by atoms with van der Waals surface area (Å²) in [5.41, 5.74) is 0.599. The number of likely N-dealkylation sites (tertiary alicyclic amines) is 1. The van der Waals surface area contributed by atoms with Crippen LogP contribution in [0.5, 0.6) is 0 Å². The number of ether oxygens (including phenoxy) is 1.